The van der Waals surface area contributed by atoms with Crippen molar-refractivity contribution in [3.63, 3.8) is 0 Å². The van der Waals surface area contributed by atoms with Gasteiger partial charge in [0.25, 0.3) is 0 Å². The van der Waals surface area contributed by atoms with Crippen LogP contribution in [-0.4, -0.2) is 0 Å². The Labute approximate surface area is 111 Å². The molecule has 0 amide bonds. The maximum atomic E-state index is 6.24. The SMILES string of the molecule is Cc1cc(Cl)ccc1C(N)c1ccccc1Cl. The van der Waals surface area contributed by atoms with Gasteiger partial charge in [-0.15, -0.1) is 0 Å². The van der Waals surface area contributed by atoms with Crippen molar-refractivity contribution in [2.75, 3.05) is 0 Å². The van der Waals surface area contributed by atoms with E-state index in [1.54, 1.807) is 0 Å². The molecule has 2 rings (SSSR count). The molecule has 2 N–H and O–H groups in total. The summed E-state index contributed by atoms with van der Waals surface area (Å²) in [6, 6.07) is 13.1. The Kier molecular flexibility index (Phi) is 3.72. The average molecular weight is 266 g/mol. The molecule has 0 bridgehead atoms. The second-order valence-corrected chi connectivity index (χ2v) is 4.84. The molecule has 0 aromatic heterocycles. The topological polar surface area (TPSA) is 26.0 Å². The van der Waals surface area contributed by atoms with Gasteiger partial charge in [0.05, 0.1) is 6.04 Å². The second-order valence-electron chi connectivity index (χ2n) is 4.00. The zero-order valence-electron chi connectivity index (χ0n) is 9.45. The number of nitrogens with two attached hydrogens (primary N) is 1. The van der Waals surface area contributed by atoms with Gasteiger partial charge in [-0.05, 0) is 41.8 Å². The van der Waals surface area contributed by atoms with Crippen molar-refractivity contribution in [3.8, 4) is 0 Å². The molecule has 0 aliphatic heterocycles. The Hall–Kier alpha value is -1.02. The zero-order chi connectivity index (χ0) is 12.4. The summed E-state index contributed by atoms with van der Waals surface area (Å²) in [6.07, 6.45) is 0. The molecule has 0 radical (unpaired) electrons. The van der Waals surface area contributed by atoms with Crippen molar-refractivity contribution in [3.05, 3.63) is 69.2 Å². The second kappa shape index (κ2) is 5.09. The largest absolute Gasteiger partial charge is 0.320 e. The van der Waals surface area contributed by atoms with Gasteiger partial charge in [-0.2, -0.15) is 0 Å². The Morgan fingerprint density at radius 1 is 1.00 bits per heavy atom. The predicted octanol–water partition coefficient (Wildman–Crippen LogP) is 4.35. The zero-order valence-corrected chi connectivity index (χ0v) is 11.0. The molecule has 1 atom stereocenters. The molecule has 0 saturated carbocycles. The molecule has 1 unspecified atom stereocenters. The van der Waals surface area contributed by atoms with Gasteiger partial charge in [-0.3, -0.25) is 0 Å². The van der Waals surface area contributed by atoms with E-state index in [9.17, 15) is 0 Å². The summed E-state index contributed by atoms with van der Waals surface area (Å²) >= 11 is 12.1. The highest BCUT2D eigenvalue weighted by molar-refractivity contribution is 6.31. The van der Waals surface area contributed by atoms with E-state index in [4.69, 9.17) is 28.9 Å². The monoisotopic (exact) mass is 265 g/mol. The first-order valence-electron chi connectivity index (χ1n) is 5.35. The quantitative estimate of drug-likeness (QED) is 0.859. The summed E-state index contributed by atoms with van der Waals surface area (Å²) in [4.78, 5) is 0. The van der Waals surface area contributed by atoms with Gasteiger partial charge in [0, 0.05) is 10.0 Å². The molecule has 17 heavy (non-hydrogen) atoms. The summed E-state index contributed by atoms with van der Waals surface area (Å²) < 4.78 is 0. The Morgan fingerprint density at radius 2 is 1.71 bits per heavy atom. The van der Waals surface area contributed by atoms with Crippen molar-refractivity contribution in [2.24, 2.45) is 5.73 Å². The van der Waals surface area contributed by atoms with Crippen LogP contribution in [0, 0.1) is 6.92 Å². The lowest BCUT2D eigenvalue weighted by Crippen LogP contribution is -2.13. The third kappa shape index (κ3) is 2.63. The van der Waals surface area contributed by atoms with Crippen LogP contribution in [0.15, 0.2) is 42.5 Å². The van der Waals surface area contributed by atoms with E-state index in [-0.39, 0.29) is 6.04 Å². The summed E-state index contributed by atoms with van der Waals surface area (Å²) in [7, 11) is 0. The predicted molar refractivity (Wildman–Crippen MR) is 73.7 cm³/mol. The Bertz CT molecular complexity index is 537. The van der Waals surface area contributed by atoms with Gasteiger partial charge in [0.1, 0.15) is 0 Å². The number of benzene rings is 2. The fourth-order valence-electron chi connectivity index (χ4n) is 1.88. The van der Waals surface area contributed by atoms with Crippen molar-refractivity contribution in [1.82, 2.24) is 0 Å². The van der Waals surface area contributed by atoms with E-state index in [2.05, 4.69) is 0 Å². The van der Waals surface area contributed by atoms with Crippen molar-refractivity contribution in [2.45, 2.75) is 13.0 Å². The van der Waals surface area contributed by atoms with Gasteiger partial charge in [-0.1, -0.05) is 47.5 Å². The third-order valence-electron chi connectivity index (χ3n) is 2.81. The van der Waals surface area contributed by atoms with Gasteiger partial charge < -0.3 is 5.73 Å². The molecule has 3 heteroatoms. The lowest BCUT2D eigenvalue weighted by molar-refractivity contribution is 0.862. The van der Waals surface area contributed by atoms with Crippen LogP contribution in [0.2, 0.25) is 10.0 Å². The Balaban J connectivity index is 2.44. The minimum Gasteiger partial charge on any atom is -0.320 e. The van der Waals surface area contributed by atoms with Gasteiger partial charge in [0.15, 0.2) is 0 Å². The van der Waals surface area contributed by atoms with Gasteiger partial charge in [0.2, 0.25) is 0 Å². The summed E-state index contributed by atoms with van der Waals surface area (Å²) in [5.41, 5.74) is 9.29. The molecule has 2 aromatic rings. The fourth-order valence-corrected chi connectivity index (χ4v) is 2.36. The lowest BCUT2D eigenvalue weighted by atomic mass is 9.96. The molecular formula is C14H13Cl2N. The molecule has 0 fully saturated rings. The maximum absolute atomic E-state index is 6.24. The highest BCUT2D eigenvalue weighted by atomic mass is 35.5. The first-order chi connectivity index (χ1) is 8.09. The van der Waals surface area contributed by atoms with Crippen LogP contribution in [0.4, 0.5) is 0 Å². The smallest absolute Gasteiger partial charge is 0.0569 e. The van der Waals surface area contributed by atoms with Gasteiger partial charge in [-0.25, -0.2) is 0 Å². The van der Waals surface area contributed by atoms with E-state index in [0.29, 0.717) is 5.02 Å². The molecule has 2 aromatic carbocycles. The summed E-state index contributed by atoms with van der Waals surface area (Å²) in [5, 5.41) is 1.41. The van der Waals surface area contributed by atoms with Crippen LogP contribution >= 0.6 is 23.2 Å². The Morgan fingerprint density at radius 3 is 2.35 bits per heavy atom. The molecule has 0 saturated heterocycles. The minimum absolute atomic E-state index is 0.221. The van der Waals surface area contributed by atoms with E-state index in [0.717, 1.165) is 21.7 Å². The van der Waals surface area contributed by atoms with Crippen LogP contribution in [-0.2, 0) is 0 Å². The molecular weight excluding hydrogens is 253 g/mol. The van der Waals surface area contributed by atoms with Crippen molar-refractivity contribution >= 4 is 23.2 Å². The molecule has 0 spiro atoms. The van der Waals surface area contributed by atoms with E-state index >= 15 is 0 Å². The lowest BCUT2D eigenvalue weighted by Gasteiger charge is -2.16. The van der Waals surface area contributed by atoms with Crippen LogP contribution in [0.3, 0.4) is 0 Å². The number of hydrogen-bond donors (Lipinski definition) is 1. The summed E-state index contributed by atoms with van der Waals surface area (Å²) in [5.74, 6) is 0. The standard InChI is InChI=1S/C14H13Cl2N/c1-9-8-10(15)6-7-11(9)14(17)12-4-2-3-5-13(12)16/h2-8,14H,17H2,1H3. The fraction of sp³-hybridized carbons (Fsp3) is 0.143. The highest BCUT2D eigenvalue weighted by Gasteiger charge is 2.14. The van der Waals surface area contributed by atoms with Crippen LogP contribution in [0.5, 0.6) is 0 Å². The summed E-state index contributed by atoms with van der Waals surface area (Å²) in [6.45, 7) is 2.00. The van der Waals surface area contributed by atoms with Crippen LogP contribution < -0.4 is 5.73 Å². The van der Waals surface area contributed by atoms with E-state index < -0.39 is 0 Å². The molecule has 0 heterocycles. The van der Waals surface area contributed by atoms with E-state index in [1.165, 1.54) is 0 Å². The number of rotatable bonds is 2. The normalized spacial score (nSPS) is 12.5. The molecule has 0 aliphatic rings. The third-order valence-corrected chi connectivity index (χ3v) is 3.39. The average Bonchev–Trinajstić information content (AvgIpc) is 2.29. The van der Waals surface area contributed by atoms with Crippen LogP contribution in [0.1, 0.15) is 22.7 Å². The molecule has 88 valence electrons. The minimum atomic E-state index is -0.221. The highest BCUT2D eigenvalue weighted by Crippen LogP contribution is 2.29. The first-order valence-corrected chi connectivity index (χ1v) is 6.11. The number of aryl methyl sites for hydroxylation is 1. The maximum Gasteiger partial charge on any atom is 0.0569 e. The molecule has 0 aliphatic carbocycles. The number of halogens is 2. The number of hydrogen-bond acceptors (Lipinski definition) is 1. The molecule has 1 nitrogen and oxygen atoms in total. The van der Waals surface area contributed by atoms with Crippen LogP contribution in [0.25, 0.3) is 0 Å². The van der Waals surface area contributed by atoms with E-state index in [1.807, 2.05) is 49.4 Å². The van der Waals surface area contributed by atoms with Gasteiger partial charge >= 0.3 is 0 Å². The van der Waals surface area contributed by atoms with Crippen molar-refractivity contribution in [1.29, 1.82) is 0 Å². The van der Waals surface area contributed by atoms with Crippen molar-refractivity contribution < 1.29 is 0 Å². The first kappa shape index (κ1) is 12.4.